The smallest absolute Gasteiger partial charge is 0.314 e. The van der Waals surface area contributed by atoms with Crippen LogP contribution < -0.4 is 10.6 Å². The zero-order valence-corrected chi connectivity index (χ0v) is 14.9. The van der Waals surface area contributed by atoms with Crippen LogP contribution in [0.1, 0.15) is 51.7 Å². The minimum Gasteiger partial charge on any atom is -0.466 e. The van der Waals surface area contributed by atoms with Crippen LogP contribution in [0, 0.1) is 0 Å². The van der Waals surface area contributed by atoms with E-state index < -0.39 is 5.60 Å². The lowest BCUT2D eigenvalue weighted by Gasteiger charge is -2.33. The van der Waals surface area contributed by atoms with E-state index in [-0.39, 0.29) is 12.6 Å². The Bertz CT molecular complexity index is 488. The molecule has 1 aromatic rings. The number of rotatable bonds is 8. The molecule has 1 aliphatic heterocycles. The molecule has 136 valence electrons. The molecular weight excluding hydrogens is 306 g/mol. The summed E-state index contributed by atoms with van der Waals surface area (Å²) >= 11 is 0. The molecule has 2 rings (SSSR count). The number of likely N-dealkylation sites (tertiary alicyclic amines) is 1. The maximum absolute atomic E-state index is 11.8. The number of carbonyl (C=O) groups excluding carboxylic acids is 1. The number of furan rings is 1. The molecule has 2 unspecified atom stereocenters. The Morgan fingerprint density at radius 1 is 1.42 bits per heavy atom. The van der Waals surface area contributed by atoms with E-state index in [0.717, 1.165) is 19.4 Å². The van der Waals surface area contributed by atoms with Crippen LogP contribution in [0.5, 0.6) is 0 Å². The molecule has 0 radical (unpaired) electrons. The summed E-state index contributed by atoms with van der Waals surface area (Å²) in [4.78, 5) is 14.3. The van der Waals surface area contributed by atoms with E-state index in [0.29, 0.717) is 18.3 Å². The van der Waals surface area contributed by atoms with Crippen LogP contribution >= 0.6 is 0 Å². The SMILES string of the molecule is CC1CCCCN1CCCCNC(=O)NCC(C)(O)c1ccco1. The van der Waals surface area contributed by atoms with Crippen molar-refractivity contribution in [2.45, 2.75) is 57.6 Å². The molecule has 2 atom stereocenters. The number of unbranched alkanes of at least 4 members (excludes halogenated alkanes) is 1. The zero-order valence-electron chi connectivity index (χ0n) is 14.9. The normalized spacial score (nSPS) is 21.2. The van der Waals surface area contributed by atoms with Gasteiger partial charge in [-0.1, -0.05) is 6.42 Å². The molecule has 6 heteroatoms. The third kappa shape index (κ3) is 5.83. The van der Waals surface area contributed by atoms with Gasteiger partial charge in [0.15, 0.2) is 0 Å². The number of hydrogen-bond donors (Lipinski definition) is 3. The third-order valence-electron chi connectivity index (χ3n) is 4.74. The first-order chi connectivity index (χ1) is 11.5. The molecule has 0 saturated carbocycles. The lowest BCUT2D eigenvalue weighted by molar-refractivity contribution is 0.0367. The van der Waals surface area contributed by atoms with Crippen molar-refractivity contribution in [3.05, 3.63) is 24.2 Å². The van der Waals surface area contributed by atoms with Gasteiger partial charge in [0.25, 0.3) is 0 Å². The fraction of sp³-hybridized carbons (Fsp3) is 0.722. The monoisotopic (exact) mass is 337 g/mol. The Morgan fingerprint density at radius 2 is 2.25 bits per heavy atom. The van der Waals surface area contributed by atoms with E-state index in [1.807, 2.05) is 0 Å². The molecule has 24 heavy (non-hydrogen) atoms. The molecule has 0 bridgehead atoms. The summed E-state index contributed by atoms with van der Waals surface area (Å²) in [5.74, 6) is 0.443. The van der Waals surface area contributed by atoms with Gasteiger partial charge in [-0.05, 0) is 64.8 Å². The lowest BCUT2D eigenvalue weighted by atomic mass is 10.0. The summed E-state index contributed by atoms with van der Waals surface area (Å²) < 4.78 is 5.18. The van der Waals surface area contributed by atoms with Gasteiger partial charge >= 0.3 is 6.03 Å². The van der Waals surface area contributed by atoms with Crippen LogP contribution in [0.3, 0.4) is 0 Å². The van der Waals surface area contributed by atoms with Crippen molar-refractivity contribution >= 4 is 6.03 Å². The van der Waals surface area contributed by atoms with E-state index in [4.69, 9.17) is 4.42 Å². The number of hydrogen-bond acceptors (Lipinski definition) is 4. The third-order valence-corrected chi connectivity index (χ3v) is 4.74. The van der Waals surface area contributed by atoms with Gasteiger partial charge in [-0.3, -0.25) is 0 Å². The Hall–Kier alpha value is -1.53. The van der Waals surface area contributed by atoms with Crippen LogP contribution in [0.25, 0.3) is 0 Å². The number of aliphatic hydroxyl groups is 1. The fourth-order valence-electron chi connectivity index (χ4n) is 3.12. The van der Waals surface area contributed by atoms with Crippen LogP contribution in [-0.4, -0.2) is 48.3 Å². The summed E-state index contributed by atoms with van der Waals surface area (Å²) in [5.41, 5.74) is -1.20. The van der Waals surface area contributed by atoms with Crippen molar-refractivity contribution < 1.29 is 14.3 Å². The maximum atomic E-state index is 11.8. The predicted molar refractivity (Wildman–Crippen MR) is 93.8 cm³/mol. The average Bonchev–Trinajstić information content (AvgIpc) is 3.10. The molecule has 2 heterocycles. The van der Waals surface area contributed by atoms with Gasteiger partial charge in [-0.2, -0.15) is 0 Å². The first-order valence-corrected chi connectivity index (χ1v) is 9.01. The highest BCUT2D eigenvalue weighted by molar-refractivity contribution is 5.73. The Morgan fingerprint density at radius 3 is 2.96 bits per heavy atom. The molecule has 0 aromatic carbocycles. The number of piperidine rings is 1. The van der Waals surface area contributed by atoms with Crippen LogP contribution in [0.15, 0.2) is 22.8 Å². The van der Waals surface area contributed by atoms with E-state index >= 15 is 0 Å². The molecule has 3 N–H and O–H groups in total. The van der Waals surface area contributed by atoms with Gasteiger partial charge in [0, 0.05) is 12.6 Å². The van der Waals surface area contributed by atoms with Crippen molar-refractivity contribution in [1.29, 1.82) is 0 Å². The van der Waals surface area contributed by atoms with Crippen molar-refractivity contribution in [2.24, 2.45) is 0 Å². The van der Waals surface area contributed by atoms with Crippen LogP contribution in [0.4, 0.5) is 4.79 Å². The quantitative estimate of drug-likeness (QED) is 0.637. The molecule has 1 aliphatic rings. The summed E-state index contributed by atoms with van der Waals surface area (Å²) in [7, 11) is 0. The topological polar surface area (TPSA) is 77.7 Å². The average molecular weight is 337 g/mol. The minimum atomic E-state index is -1.20. The molecule has 2 amide bonds. The van der Waals surface area contributed by atoms with Gasteiger partial charge < -0.3 is 25.1 Å². The van der Waals surface area contributed by atoms with E-state index in [9.17, 15) is 9.90 Å². The zero-order chi connectivity index (χ0) is 17.4. The molecule has 6 nitrogen and oxygen atoms in total. The molecular formula is C18H31N3O3. The lowest BCUT2D eigenvalue weighted by Crippen LogP contribution is -2.43. The van der Waals surface area contributed by atoms with Crippen molar-refractivity contribution in [3.63, 3.8) is 0 Å². The minimum absolute atomic E-state index is 0.109. The highest BCUT2D eigenvalue weighted by atomic mass is 16.4. The van der Waals surface area contributed by atoms with Crippen molar-refractivity contribution in [1.82, 2.24) is 15.5 Å². The second-order valence-electron chi connectivity index (χ2n) is 6.95. The molecule has 0 spiro atoms. The van der Waals surface area contributed by atoms with Gasteiger partial charge in [-0.15, -0.1) is 0 Å². The van der Waals surface area contributed by atoms with Gasteiger partial charge in [0.1, 0.15) is 11.4 Å². The molecule has 1 saturated heterocycles. The highest BCUT2D eigenvalue weighted by Crippen LogP contribution is 2.19. The van der Waals surface area contributed by atoms with E-state index in [2.05, 4.69) is 22.5 Å². The van der Waals surface area contributed by atoms with Crippen molar-refractivity contribution in [2.75, 3.05) is 26.2 Å². The number of amides is 2. The number of urea groups is 1. The van der Waals surface area contributed by atoms with Crippen molar-refractivity contribution in [3.8, 4) is 0 Å². The van der Waals surface area contributed by atoms with Gasteiger partial charge in [0.2, 0.25) is 0 Å². The Kier molecular flexibility index (Phi) is 7.12. The van der Waals surface area contributed by atoms with E-state index in [1.54, 1.807) is 19.1 Å². The van der Waals surface area contributed by atoms with Gasteiger partial charge in [-0.25, -0.2) is 4.79 Å². The second-order valence-corrected chi connectivity index (χ2v) is 6.95. The Balaban J connectivity index is 1.55. The maximum Gasteiger partial charge on any atom is 0.314 e. The summed E-state index contributed by atoms with van der Waals surface area (Å²) in [6.07, 6.45) is 7.52. The Labute approximate surface area is 144 Å². The number of carbonyl (C=O) groups is 1. The molecule has 1 aromatic heterocycles. The predicted octanol–water partition coefficient (Wildman–Crippen LogP) is 2.44. The fourth-order valence-corrected chi connectivity index (χ4v) is 3.12. The first kappa shape index (κ1) is 18.8. The second kappa shape index (κ2) is 9.08. The summed E-state index contributed by atoms with van der Waals surface area (Å²) in [6, 6.07) is 3.85. The van der Waals surface area contributed by atoms with Crippen LogP contribution in [-0.2, 0) is 5.60 Å². The van der Waals surface area contributed by atoms with Crippen LogP contribution in [0.2, 0.25) is 0 Å². The standard InChI is InChI=1S/C18H31N3O3/c1-15-8-3-5-11-21(15)12-6-4-10-19-17(22)20-14-18(2,23)16-9-7-13-24-16/h7,9,13,15,23H,3-6,8,10-12,14H2,1-2H3,(H2,19,20,22). The largest absolute Gasteiger partial charge is 0.466 e. The van der Waals surface area contributed by atoms with Gasteiger partial charge in [0.05, 0.1) is 12.8 Å². The first-order valence-electron chi connectivity index (χ1n) is 9.01. The highest BCUT2D eigenvalue weighted by Gasteiger charge is 2.26. The van der Waals surface area contributed by atoms with E-state index in [1.165, 1.54) is 32.1 Å². The molecule has 1 fully saturated rings. The summed E-state index contributed by atoms with van der Waals surface area (Å²) in [5, 5.41) is 15.8. The number of nitrogens with zero attached hydrogens (tertiary/aromatic N) is 1. The number of nitrogens with one attached hydrogen (secondary N) is 2. The molecule has 0 aliphatic carbocycles. The summed E-state index contributed by atoms with van der Waals surface area (Å²) in [6.45, 7) is 6.99.